The number of nitrogens with zero attached hydrogens (tertiary/aromatic N) is 1. The van der Waals surface area contributed by atoms with Gasteiger partial charge in [0.15, 0.2) is 5.78 Å². The minimum absolute atomic E-state index is 0.105. The first-order chi connectivity index (χ1) is 11.0. The Balaban J connectivity index is 0.00000127. The molecule has 0 atom stereocenters. The molecule has 0 amide bonds. The summed E-state index contributed by atoms with van der Waals surface area (Å²) >= 11 is 9.59. The molecule has 0 N–H and O–H groups in total. The van der Waals surface area contributed by atoms with E-state index in [2.05, 4.69) is 15.9 Å². The summed E-state index contributed by atoms with van der Waals surface area (Å²) in [7, 11) is 1.92. The number of halogens is 2. The molecule has 0 saturated heterocycles. The Morgan fingerprint density at radius 1 is 1.13 bits per heavy atom. The number of benzene rings is 2. The van der Waals surface area contributed by atoms with Crippen LogP contribution in [0.2, 0.25) is 5.02 Å². The normalized spacial score (nSPS) is 10.2. The largest absolute Gasteiger partial charge is 0.295 e. The van der Waals surface area contributed by atoms with E-state index in [1.165, 1.54) is 0 Å². The summed E-state index contributed by atoms with van der Waals surface area (Å²) in [6.45, 7) is 7.03. The average Bonchev–Trinajstić information content (AvgIpc) is 2.52. The van der Waals surface area contributed by atoms with Crippen molar-refractivity contribution in [3.8, 4) is 0 Å². The predicted molar refractivity (Wildman–Crippen MR) is 102 cm³/mol. The zero-order valence-electron chi connectivity index (χ0n) is 14.1. The number of hydrogen-bond donors (Lipinski definition) is 0. The number of likely N-dealkylation sites (N-methyl/N-ethyl adjacent to an activating group) is 1. The van der Waals surface area contributed by atoms with Gasteiger partial charge in [-0.1, -0.05) is 65.6 Å². The number of rotatable bonds is 5. The van der Waals surface area contributed by atoms with Crippen molar-refractivity contribution in [1.82, 2.24) is 4.90 Å². The fourth-order valence-electron chi connectivity index (χ4n) is 2.10. The molecule has 0 aliphatic rings. The lowest BCUT2D eigenvalue weighted by molar-refractivity contribution is 0.0943. The van der Waals surface area contributed by atoms with Gasteiger partial charge in [0.1, 0.15) is 0 Å². The minimum Gasteiger partial charge on any atom is -0.295 e. The van der Waals surface area contributed by atoms with E-state index in [9.17, 15) is 4.79 Å². The Labute approximate surface area is 152 Å². The van der Waals surface area contributed by atoms with E-state index in [1.807, 2.05) is 75.2 Å². The van der Waals surface area contributed by atoms with Crippen LogP contribution in [-0.4, -0.2) is 24.3 Å². The highest BCUT2D eigenvalue weighted by molar-refractivity contribution is 9.10. The summed E-state index contributed by atoms with van der Waals surface area (Å²) < 4.78 is 0.971. The van der Waals surface area contributed by atoms with Crippen LogP contribution >= 0.6 is 27.5 Å². The fourth-order valence-corrected chi connectivity index (χ4v) is 2.66. The SMILES string of the molecule is CC.Cc1ccc(CN(C)CC(=O)c2ccc(Br)cc2)c(Cl)c1. The summed E-state index contributed by atoms with van der Waals surface area (Å²) in [5.74, 6) is 0.105. The van der Waals surface area contributed by atoms with E-state index in [1.54, 1.807) is 0 Å². The number of carbonyl (C=O) groups is 1. The monoisotopic (exact) mass is 395 g/mol. The summed E-state index contributed by atoms with van der Waals surface area (Å²) in [6.07, 6.45) is 0. The molecule has 23 heavy (non-hydrogen) atoms. The van der Waals surface area contributed by atoms with E-state index < -0.39 is 0 Å². The lowest BCUT2D eigenvalue weighted by atomic mass is 10.1. The smallest absolute Gasteiger partial charge is 0.176 e. The second-order valence-corrected chi connectivity index (χ2v) is 6.52. The lowest BCUT2D eigenvalue weighted by Gasteiger charge is -2.17. The van der Waals surface area contributed by atoms with Crippen molar-refractivity contribution in [2.45, 2.75) is 27.3 Å². The minimum atomic E-state index is 0.105. The van der Waals surface area contributed by atoms with Crippen LogP contribution in [0.25, 0.3) is 0 Å². The van der Waals surface area contributed by atoms with E-state index in [0.29, 0.717) is 13.1 Å². The van der Waals surface area contributed by atoms with Crippen molar-refractivity contribution in [3.63, 3.8) is 0 Å². The molecular weight excluding hydrogens is 374 g/mol. The summed E-state index contributed by atoms with van der Waals surface area (Å²) in [5, 5.41) is 0.748. The van der Waals surface area contributed by atoms with Gasteiger partial charge in [0.05, 0.1) is 6.54 Å². The first-order valence-electron chi connectivity index (χ1n) is 7.68. The second kappa shape index (κ2) is 9.86. The number of aryl methyl sites for hydroxylation is 1. The number of hydrogen-bond acceptors (Lipinski definition) is 2. The molecule has 2 nitrogen and oxygen atoms in total. The van der Waals surface area contributed by atoms with Crippen molar-refractivity contribution in [1.29, 1.82) is 0 Å². The van der Waals surface area contributed by atoms with Gasteiger partial charge >= 0.3 is 0 Å². The molecule has 0 radical (unpaired) electrons. The maximum Gasteiger partial charge on any atom is 0.176 e. The Morgan fingerprint density at radius 2 is 1.74 bits per heavy atom. The van der Waals surface area contributed by atoms with Gasteiger partial charge in [0.25, 0.3) is 0 Å². The molecule has 0 aromatic heterocycles. The third-order valence-electron chi connectivity index (χ3n) is 3.23. The van der Waals surface area contributed by atoms with E-state index in [4.69, 9.17) is 11.6 Å². The molecule has 0 saturated carbocycles. The van der Waals surface area contributed by atoms with Gasteiger partial charge in [0.2, 0.25) is 0 Å². The molecule has 2 aromatic rings. The third-order valence-corrected chi connectivity index (χ3v) is 4.11. The molecule has 2 rings (SSSR count). The highest BCUT2D eigenvalue weighted by atomic mass is 79.9. The van der Waals surface area contributed by atoms with Gasteiger partial charge in [-0.15, -0.1) is 0 Å². The van der Waals surface area contributed by atoms with Gasteiger partial charge in [-0.2, -0.15) is 0 Å². The van der Waals surface area contributed by atoms with Crippen LogP contribution in [0.3, 0.4) is 0 Å². The first-order valence-corrected chi connectivity index (χ1v) is 8.85. The molecule has 0 unspecified atom stereocenters. The van der Waals surface area contributed by atoms with E-state index >= 15 is 0 Å². The molecule has 2 aromatic carbocycles. The van der Waals surface area contributed by atoms with Crippen LogP contribution in [0.1, 0.15) is 35.3 Å². The van der Waals surface area contributed by atoms with Crippen molar-refractivity contribution in [3.05, 3.63) is 68.7 Å². The highest BCUT2D eigenvalue weighted by Crippen LogP contribution is 2.19. The quantitative estimate of drug-likeness (QED) is 0.600. The molecule has 0 aliphatic carbocycles. The van der Waals surface area contributed by atoms with Crippen LogP contribution in [0.15, 0.2) is 46.9 Å². The second-order valence-electron chi connectivity index (χ2n) is 5.20. The first kappa shape index (κ1) is 19.9. The summed E-state index contributed by atoms with van der Waals surface area (Å²) in [6, 6.07) is 13.4. The third kappa shape index (κ3) is 6.46. The zero-order chi connectivity index (χ0) is 17.4. The summed E-state index contributed by atoms with van der Waals surface area (Å²) in [4.78, 5) is 14.2. The fraction of sp³-hybridized carbons (Fsp3) is 0.316. The van der Waals surface area contributed by atoms with Crippen molar-refractivity contribution in [2.24, 2.45) is 0 Å². The maximum absolute atomic E-state index is 12.2. The molecule has 0 fully saturated rings. The van der Waals surface area contributed by atoms with Gasteiger partial charge < -0.3 is 0 Å². The standard InChI is InChI=1S/C17H17BrClNO.C2H6/c1-12-3-4-14(16(19)9-12)10-20(2)11-17(21)13-5-7-15(18)8-6-13;1-2/h3-9H,10-11H2,1-2H3;1-2H3. The van der Waals surface area contributed by atoms with Crippen molar-refractivity contribution >= 4 is 33.3 Å². The van der Waals surface area contributed by atoms with Crippen LogP contribution in [0, 0.1) is 6.92 Å². The van der Waals surface area contributed by atoms with Gasteiger partial charge in [-0.05, 0) is 43.3 Å². The molecule has 0 aliphatic heterocycles. The topological polar surface area (TPSA) is 20.3 Å². The maximum atomic E-state index is 12.2. The van der Waals surface area contributed by atoms with E-state index in [0.717, 1.165) is 26.2 Å². The highest BCUT2D eigenvalue weighted by Gasteiger charge is 2.11. The predicted octanol–water partition coefficient (Wildman–Crippen LogP) is 5.75. The average molecular weight is 397 g/mol. The Hall–Kier alpha value is -1.16. The van der Waals surface area contributed by atoms with Crippen LogP contribution in [0.5, 0.6) is 0 Å². The summed E-state index contributed by atoms with van der Waals surface area (Å²) in [5.41, 5.74) is 2.89. The number of carbonyl (C=O) groups excluding carboxylic acids is 1. The Bertz CT molecular complexity index is 640. The molecule has 0 spiro atoms. The number of ketones is 1. The van der Waals surface area contributed by atoms with Crippen molar-refractivity contribution < 1.29 is 4.79 Å². The van der Waals surface area contributed by atoms with Crippen LogP contribution in [-0.2, 0) is 6.54 Å². The van der Waals surface area contributed by atoms with Gasteiger partial charge in [0, 0.05) is 21.6 Å². The molecule has 0 bridgehead atoms. The Morgan fingerprint density at radius 3 is 2.30 bits per heavy atom. The van der Waals surface area contributed by atoms with Gasteiger partial charge in [-0.25, -0.2) is 0 Å². The zero-order valence-corrected chi connectivity index (χ0v) is 16.4. The lowest BCUT2D eigenvalue weighted by Crippen LogP contribution is -2.25. The Kier molecular flexibility index (Phi) is 8.53. The molecular formula is C19H23BrClNO. The van der Waals surface area contributed by atoms with Crippen molar-refractivity contribution in [2.75, 3.05) is 13.6 Å². The van der Waals surface area contributed by atoms with Crippen LogP contribution in [0.4, 0.5) is 0 Å². The molecule has 124 valence electrons. The van der Waals surface area contributed by atoms with E-state index in [-0.39, 0.29) is 5.78 Å². The van der Waals surface area contributed by atoms with Gasteiger partial charge in [-0.3, -0.25) is 9.69 Å². The molecule has 4 heteroatoms. The number of Topliss-reactive ketones (excluding diaryl/α,β-unsaturated/α-hetero) is 1. The molecule has 0 heterocycles. The van der Waals surface area contributed by atoms with Crippen LogP contribution < -0.4 is 0 Å².